The van der Waals surface area contributed by atoms with Crippen molar-refractivity contribution in [2.75, 3.05) is 6.54 Å². The molecule has 7 nitrogen and oxygen atoms in total. The van der Waals surface area contributed by atoms with E-state index in [1.165, 1.54) is 0 Å². The van der Waals surface area contributed by atoms with E-state index in [1.807, 2.05) is 5.32 Å². The normalized spacial score (nSPS) is 21.5. The zero-order valence-electron chi connectivity index (χ0n) is 6.09. The van der Waals surface area contributed by atoms with Gasteiger partial charge >= 0.3 is 12.1 Å². The van der Waals surface area contributed by atoms with Gasteiger partial charge in [0.2, 0.25) is 0 Å². The summed E-state index contributed by atoms with van der Waals surface area (Å²) in [6.45, 7) is 0.00685. The number of carbonyl (C=O) groups excluding carboxylic acids is 3. The minimum atomic E-state index is -0.732. The third-order valence-electron chi connectivity index (χ3n) is 1.34. The van der Waals surface area contributed by atoms with Crippen molar-refractivity contribution in [2.24, 2.45) is 5.73 Å². The van der Waals surface area contributed by atoms with Gasteiger partial charge in [0, 0.05) is 6.54 Å². The van der Waals surface area contributed by atoms with Crippen LogP contribution in [0.15, 0.2) is 0 Å². The first-order valence-electron chi connectivity index (χ1n) is 3.24. The second-order valence-electron chi connectivity index (χ2n) is 2.26. The van der Waals surface area contributed by atoms with Crippen molar-refractivity contribution in [3.8, 4) is 0 Å². The van der Waals surface area contributed by atoms with Crippen molar-refractivity contribution < 1.29 is 14.4 Å². The minimum Gasteiger partial charge on any atom is -0.352 e. The molecule has 0 unspecified atom stereocenters. The second-order valence-corrected chi connectivity index (χ2v) is 2.26. The van der Waals surface area contributed by atoms with Crippen molar-refractivity contribution in [1.82, 2.24) is 16.0 Å². The molecule has 0 aromatic rings. The van der Waals surface area contributed by atoms with Crippen LogP contribution in [0.25, 0.3) is 0 Å². The lowest BCUT2D eigenvalue weighted by atomic mass is 10.3. The molecule has 1 fully saturated rings. The van der Waals surface area contributed by atoms with Crippen molar-refractivity contribution in [3.05, 3.63) is 0 Å². The number of nitrogens with one attached hydrogen (secondary N) is 3. The van der Waals surface area contributed by atoms with Crippen LogP contribution in [0.1, 0.15) is 0 Å². The number of nitrogens with two attached hydrogens (primary N) is 1. The second kappa shape index (κ2) is 3.07. The molecule has 1 rings (SSSR count). The first kappa shape index (κ1) is 8.31. The van der Waals surface area contributed by atoms with Gasteiger partial charge < -0.3 is 16.4 Å². The molecule has 1 aliphatic heterocycles. The lowest BCUT2D eigenvalue weighted by Gasteiger charge is -2.05. The molecule has 66 valence electrons. The van der Waals surface area contributed by atoms with Crippen LogP contribution < -0.4 is 21.7 Å². The highest BCUT2D eigenvalue weighted by molar-refractivity contribution is 6.04. The molecule has 0 bridgehead atoms. The predicted molar refractivity (Wildman–Crippen MR) is 38.0 cm³/mol. The van der Waals surface area contributed by atoms with E-state index in [0.29, 0.717) is 0 Å². The van der Waals surface area contributed by atoms with Crippen LogP contribution in [-0.2, 0) is 4.79 Å². The summed E-state index contributed by atoms with van der Waals surface area (Å²) in [6.07, 6.45) is 0. The van der Waals surface area contributed by atoms with E-state index in [-0.39, 0.29) is 6.54 Å². The molecular weight excluding hydrogens is 164 g/mol. The fraction of sp³-hybridized carbons (Fsp3) is 0.400. The molecule has 0 spiro atoms. The molecule has 1 heterocycles. The SMILES string of the molecule is NC(=O)NC[C@@H]1NC(=O)NC1=O. The standard InChI is InChI=1S/C5H8N4O3/c6-4(11)7-1-2-3(10)9-5(12)8-2/h2H,1H2,(H3,6,7,11)(H2,8,9,10,12)/t2-/m0/s1. The van der Waals surface area contributed by atoms with E-state index in [0.717, 1.165) is 0 Å². The van der Waals surface area contributed by atoms with Crippen LogP contribution in [0.5, 0.6) is 0 Å². The third-order valence-corrected chi connectivity index (χ3v) is 1.34. The maximum Gasteiger partial charge on any atom is 0.322 e. The molecule has 0 saturated carbocycles. The van der Waals surface area contributed by atoms with Gasteiger partial charge in [-0.2, -0.15) is 0 Å². The maximum absolute atomic E-state index is 10.8. The van der Waals surface area contributed by atoms with E-state index in [4.69, 9.17) is 5.73 Å². The summed E-state index contributed by atoms with van der Waals surface area (Å²) in [5.41, 5.74) is 4.76. The fourth-order valence-corrected chi connectivity index (χ4v) is 0.805. The van der Waals surface area contributed by atoms with Crippen molar-refractivity contribution in [1.29, 1.82) is 0 Å². The molecular formula is C5H8N4O3. The van der Waals surface area contributed by atoms with Crippen LogP contribution in [0.2, 0.25) is 0 Å². The number of rotatable bonds is 2. The fourth-order valence-electron chi connectivity index (χ4n) is 0.805. The zero-order chi connectivity index (χ0) is 9.14. The average Bonchev–Trinajstić information content (AvgIpc) is 2.26. The molecule has 0 radical (unpaired) electrons. The molecule has 1 aliphatic rings. The number of amides is 5. The number of hydrogen-bond donors (Lipinski definition) is 4. The summed E-state index contributed by atoms with van der Waals surface area (Å²) in [5, 5.41) is 6.50. The Morgan fingerprint density at radius 1 is 1.58 bits per heavy atom. The Kier molecular flexibility index (Phi) is 2.13. The first-order chi connectivity index (χ1) is 5.59. The lowest BCUT2D eigenvalue weighted by molar-refractivity contribution is -0.120. The highest BCUT2D eigenvalue weighted by Gasteiger charge is 2.29. The van der Waals surface area contributed by atoms with Crippen LogP contribution >= 0.6 is 0 Å². The average molecular weight is 172 g/mol. The number of hydrogen-bond acceptors (Lipinski definition) is 3. The number of urea groups is 2. The monoisotopic (exact) mass is 172 g/mol. The number of imide groups is 1. The topological polar surface area (TPSA) is 113 Å². The van der Waals surface area contributed by atoms with Gasteiger partial charge in [0.1, 0.15) is 6.04 Å². The van der Waals surface area contributed by atoms with Crippen molar-refractivity contribution in [2.45, 2.75) is 6.04 Å². The third kappa shape index (κ3) is 1.84. The van der Waals surface area contributed by atoms with Gasteiger partial charge in [-0.1, -0.05) is 0 Å². The van der Waals surface area contributed by atoms with E-state index >= 15 is 0 Å². The Morgan fingerprint density at radius 3 is 2.67 bits per heavy atom. The summed E-state index contributed by atoms with van der Waals surface area (Å²) >= 11 is 0. The summed E-state index contributed by atoms with van der Waals surface area (Å²) in [7, 11) is 0. The molecule has 7 heteroatoms. The highest BCUT2D eigenvalue weighted by Crippen LogP contribution is 1.90. The van der Waals surface area contributed by atoms with Crippen LogP contribution in [-0.4, -0.2) is 30.6 Å². The van der Waals surface area contributed by atoms with E-state index in [2.05, 4.69) is 10.6 Å². The molecule has 0 aromatic heterocycles. The molecule has 0 aliphatic carbocycles. The Balaban J connectivity index is 2.38. The maximum atomic E-state index is 10.8. The number of primary amides is 1. The smallest absolute Gasteiger partial charge is 0.322 e. The van der Waals surface area contributed by atoms with Crippen LogP contribution in [0.3, 0.4) is 0 Å². The van der Waals surface area contributed by atoms with Crippen molar-refractivity contribution >= 4 is 18.0 Å². The van der Waals surface area contributed by atoms with Crippen LogP contribution in [0, 0.1) is 0 Å². The van der Waals surface area contributed by atoms with Gasteiger partial charge in [0.25, 0.3) is 5.91 Å². The zero-order valence-corrected chi connectivity index (χ0v) is 6.09. The Morgan fingerprint density at radius 2 is 2.25 bits per heavy atom. The van der Waals surface area contributed by atoms with Gasteiger partial charge in [-0.15, -0.1) is 0 Å². The summed E-state index contributed by atoms with van der Waals surface area (Å²) in [6, 6.07) is -2.01. The largest absolute Gasteiger partial charge is 0.352 e. The lowest BCUT2D eigenvalue weighted by Crippen LogP contribution is -2.43. The molecule has 12 heavy (non-hydrogen) atoms. The Hall–Kier alpha value is -1.79. The van der Waals surface area contributed by atoms with Gasteiger partial charge in [0.05, 0.1) is 0 Å². The van der Waals surface area contributed by atoms with E-state index < -0.39 is 24.0 Å². The molecule has 5 amide bonds. The summed E-state index contributed by atoms with van der Waals surface area (Å²) in [5.74, 6) is -0.464. The van der Waals surface area contributed by atoms with Crippen molar-refractivity contribution in [3.63, 3.8) is 0 Å². The summed E-state index contributed by atoms with van der Waals surface area (Å²) < 4.78 is 0. The van der Waals surface area contributed by atoms with Gasteiger partial charge in [-0.25, -0.2) is 9.59 Å². The van der Waals surface area contributed by atoms with Gasteiger partial charge in [-0.05, 0) is 0 Å². The summed E-state index contributed by atoms with van der Waals surface area (Å²) in [4.78, 5) is 31.5. The van der Waals surface area contributed by atoms with E-state index in [9.17, 15) is 14.4 Å². The highest BCUT2D eigenvalue weighted by atomic mass is 16.2. The molecule has 0 aromatic carbocycles. The first-order valence-corrected chi connectivity index (χ1v) is 3.24. The molecule has 5 N–H and O–H groups in total. The minimum absolute atomic E-state index is 0.00685. The van der Waals surface area contributed by atoms with E-state index in [1.54, 1.807) is 0 Å². The molecule has 1 saturated heterocycles. The van der Waals surface area contributed by atoms with Crippen LogP contribution in [0.4, 0.5) is 9.59 Å². The Labute approximate surface area is 67.7 Å². The Bertz CT molecular complexity index is 239. The predicted octanol–water partition coefficient (Wildman–Crippen LogP) is -2.14. The number of carbonyl (C=O) groups is 3. The van der Waals surface area contributed by atoms with Gasteiger partial charge in [-0.3, -0.25) is 10.1 Å². The molecule has 1 atom stereocenters. The van der Waals surface area contributed by atoms with Gasteiger partial charge in [0.15, 0.2) is 0 Å². The quantitative estimate of drug-likeness (QED) is 0.356.